The number of Topliss-reactive ketones (excluding diaryl/α,β-unsaturated/α-hetero) is 1. The maximum atomic E-state index is 11.5. The molecule has 1 fully saturated rings. The van der Waals surface area contributed by atoms with Gasteiger partial charge in [-0.25, -0.2) is 0 Å². The number of nitrogens with zero attached hydrogens (tertiary/aromatic N) is 1. The van der Waals surface area contributed by atoms with Crippen molar-refractivity contribution in [3.05, 3.63) is 29.8 Å². The minimum atomic E-state index is -0.494. The number of rotatable bonds is 7. The highest BCUT2D eigenvalue weighted by molar-refractivity contribution is 5.96. The number of ether oxygens (including phenoxy) is 1. The lowest BCUT2D eigenvalue weighted by molar-refractivity contribution is -0.105. The number of hydrogen-bond acceptors (Lipinski definition) is 4. The molecule has 1 aromatic carbocycles. The number of carbonyl (C=O) groups excluding carboxylic acids is 1. The van der Waals surface area contributed by atoms with Crippen LogP contribution in [0.4, 0.5) is 0 Å². The average Bonchev–Trinajstić information content (AvgIpc) is 2.37. The van der Waals surface area contributed by atoms with E-state index in [9.17, 15) is 9.90 Å². The SMILES string of the molecule is CCCC1(O)CN(CCOc2ccccc2C(C)=O)C1. The first-order chi connectivity index (χ1) is 9.54. The summed E-state index contributed by atoms with van der Waals surface area (Å²) in [4.78, 5) is 13.6. The normalized spacial score (nSPS) is 17.6. The third-order valence-electron chi connectivity index (χ3n) is 3.68. The zero-order valence-electron chi connectivity index (χ0n) is 12.3. The molecule has 20 heavy (non-hydrogen) atoms. The minimum absolute atomic E-state index is 0.0156. The van der Waals surface area contributed by atoms with E-state index in [-0.39, 0.29) is 5.78 Å². The highest BCUT2D eigenvalue weighted by Crippen LogP contribution is 2.25. The molecular weight excluding hydrogens is 254 g/mol. The van der Waals surface area contributed by atoms with E-state index < -0.39 is 5.60 Å². The monoisotopic (exact) mass is 277 g/mol. The van der Waals surface area contributed by atoms with Crippen molar-refractivity contribution in [1.82, 2.24) is 4.90 Å². The van der Waals surface area contributed by atoms with Crippen LogP contribution < -0.4 is 4.74 Å². The van der Waals surface area contributed by atoms with Gasteiger partial charge in [0.2, 0.25) is 0 Å². The van der Waals surface area contributed by atoms with Crippen LogP contribution in [-0.4, -0.2) is 47.6 Å². The fourth-order valence-electron chi connectivity index (χ4n) is 2.74. The van der Waals surface area contributed by atoms with Gasteiger partial charge in [0, 0.05) is 19.6 Å². The molecule has 0 atom stereocenters. The van der Waals surface area contributed by atoms with Crippen molar-refractivity contribution in [2.45, 2.75) is 32.3 Å². The van der Waals surface area contributed by atoms with Crippen LogP contribution in [0.3, 0.4) is 0 Å². The summed E-state index contributed by atoms with van der Waals surface area (Å²) in [6.07, 6.45) is 1.87. The third kappa shape index (κ3) is 3.58. The number of aliphatic hydroxyl groups is 1. The summed E-state index contributed by atoms with van der Waals surface area (Å²) in [6.45, 7) is 6.38. The standard InChI is InChI=1S/C16H23NO3/c1-3-8-16(19)11-17(12-16)9-10-20-15-7-5-4-6-14(15)13(2)18/h4-7,19H,3,8-12H2,1-2H3. The van der Waals surface area contributed by atoms with Gasteiger partial charge < -0.3 is 9.84 Å². The molecule has 0 aliphatic carbocycles. The molecule has 1 heterocycles. The topological polar surface area (TPSA) is 49.8 Å². The second-order valence-corrected chi connectivity index (χ2v) is 5.59. The number of benzene rings is 1. The summed E-state index contributed by atoms with van der Waals surface area (Å²) in [6, 6.07) is 7.30. The molecule has 0 aromatic heterocycles. The predicted molar refractivity (Wildman–Crippen MR) is 78.2 cm³/mol. The molecule has 0 spiro atoms. The molecule has 1 aliphatic heterocycles. The summed E-state index contributed by atoms with van der Waals surface area (Å²) in [5.74, 6) is 0.659. The minimum Gasteiger partial charge on any atom is -0.491 e. The maximum Gasteiger partial charge on any atom is 0.163 e. The van der Waals surface area contributed by atoms with Gasteiger partial charge in [-0.15, -0.1) is 0 Å². The first-order valence-corrected chi connectivity index (χ1v) is 7.21. The third-order valence-corrected chi connectivity index (χ3v) is 3.68. The Morgan fingerprint density at radius 2 is 2.10 bits per heavy atom. The first kappa shape index (κ1) is 15.0. The Morgan fingerprint density at radius 3 is 2.75 bits per heavy atom. The van der Waals surface area contributed by atoms with Crippen molar-refractivity contribution in [1.29, 1.82) is 0 Å². The largest absolute Gasteiger partial charge is 0.491 e. The molecule has 4 nitrogen and oxygen atoms in total. The van der Waals surface area contributed by atoms with Gasteiger partial charge in [0.05, 0.1) is 11.2 Å². The highest BCUT2D eigenvalue weighted by Gasteiger charge is 2.39. The summed E-state index contributed by atoms with van der Waals surface area (Å²) >= 11 is 0. The van der Waals surface area contributed by atoms with Crippen molar-refractivity contribution in [3.8, 4) is 5.75 Å². The molecule has 1 aromatic rings. The fraction of sp³-hybridized carbons (Fsp3) is 0.562. The highest BCUT2D eigenvalue weighted by atomic mass is 16.5. The Labute approximate surface area is 120 Å². The smallest absolute Gasteiger partial charge is 0.163 e. The average molecular weight is 277 g/mol. The summed E-state index contributed by atoms with van der Waals surface area (Å²) in [5, 5.41) is 10.1. The Hall–Kier alpha value is -1.39. The zero-order chi connectivity index (χ0) is 14.6. The number of hydrogen-bond donors (Lipinski definition) is 1. The lowest BCUT2D eigenvalue weighted by Gasteiger charge is -2.46. The van der Waals surface area contributed by atoms with E-state index >= 15 is 0 Å². The van der Waals surface area contributed by atoms with Crippen LogP contribution in [0.2, 0.25) is 0 Å². The van der Waals surface area contributed by atoms with E-state index in [1.807, 2.05) is 18.2 Å². The molecular formula is C16H23NO3. The second-order valence-electron chi connectivity index (χ2n) is 5.59. The van der Waals surface area contributed by atoms with E-state index in [4.69, 9.17) is 4.74 Å². The molecule has 1 saturated heterocycles. The van der Waals surface area contributed by atoms with Crippen LogP contribution in [-0.2, 0) is 0 Å². The Kier molecular flexibility index (Phi) is 4.78. The van der Waals surface area contributed by atoms with E-state index in [2.05, 4.69) is 11.8 Å². The fourth-order valence-corrected chi connectivity index (χ4v) is 2.74. The Bertz CT molecular complexity index is 467. The predicted octanol–water partition coefficient (Wildman–Crippen LogP) is 2.11. The van der Waals surface area contributed by atoms with Crippen molar-refractivity contribution in [2.24, 2.45) is 0 Å². The van der Waals surface area contributed by atoms with Crippen LogP contribution in [0, 0.1) is 0 Å². The number of likely N-dealkylation sites (tertiary alicyclic amines) is 1. The molecule has 0 unspecified atom stereocenters. The van der Waals surface area contributed by atoms with Gasteiger partial charge in [0.1, 0.15) is 12.4 Å². The number of ketones is 1. The van der Waals surface area contributed by atoms with Crippen molar-refractivity contribution in [2.75, 3.05) is 26.2 Å². The summed E-state index contributed by atoms with van der Waals surface area (Å²) < 4.78 is 5.69. The lowest BCUT2D eigenvalue weighted by Crippen LogP contribution is -2.62. The molecule has 2 rings (SSSR count). The molecule has 1 aliphatic rings. The van der Waals surface area contributed by atoms with E-state index in [1.54, 1.807) is 13.0 Å². The van der Waals surface area contributed by atoms with Crippen LogP contribution >= 0.6 is 0 Å². The van der Waals surface area contributed by atoms with Gasteiger partial charge in [-0.1, -0.05) is 25.5 Å². The summed E-state index contributed by atoms with van der Waals surface area (Å²) in [5.41, 5.74) is 0.130. The van der Waals surface area contributed by atoms with Crippen molar-refractivity contribution in [3.63, 3.8) is 0 Å². The number of β-amino-alcohol motifs (C(OH)–C–C–N with tert-alkyl or cyclic N) is 1. The molecule has 0 bridgehead atoms. The molecule has 110 valence electrons. The Morgan fingerprint density at radius 1 is 1.40 bits per heavy atom. The van der Waals surface area contributed by atoms with Gasteiger partial charge >= 0.3 is 0 Å². The quantitative estimate of drug-likeness (QED) is 0.776. The maximum absolute atomic E-state index is 11.5. The van der Waals surface area contributed by atoms with Gasteiger partial charge in [-0.05, 0) is 25.5 Å². The molecule has 0 amide bonds. The van der Waals surface area contributed by atoms with Crippen molar-refractivity contribution >= 4 is 5.78 Å². The van der Waals surface area contributed by atoms with Crippen LogP contribution in [0.15, 0.2) is 24.3 Å². The second kappa shape index (κ2) is 6.37. The Balaban J connectivity index is 1.77. The summed E-state index contributed by atoms with van der Waals surface area (Å²) in [7, 11) is 0. The molecule has 0 saturated carbocycles. The van der Waals surface area contributed by atoms with E-state index in [0.717, 1.165) is 32.5 Å². The van der Waals surface area contributed by atoms with Gasteiger partial charge in [0.15, 0.2) is 5.78 Å². The first-order valence-electron chi connectivity index (χ1n) is 7.21. The van der Waals surface area contributed by atoms with Crippen LogP contribution in [0.1, 0.15) is 37.0 Å². The lowest BCUT2D eigenvalue weighted by atomic mass is 9.89. The number of carbonyl (C=O) groups is 1. The molecule has 4 heteroatoms. The van der Waals surface area contributed by atoms with E-state index in [1.165, 1.54) is 0 Å². The molecule has 1 N–H and O–H groups in total. The van der Waals surface area contributed by atoms with Crippen molar-refractivity contribution < 1.29 is 14.6 Å². The van der Waals surface area contributed by atoms with Gasteiger partial charge in [0.25, 0.3) is 0 Å². The van der Waals surface area contributed by atoms with Gasteiger partial charge in [-0.3, -0.25) is 9.69 Å². The molecule has 0 radical (unpaired) electrons. The number of para-hydroxylation sites is 1. The van der Waals surface area contributed by atoms with Crippen LogP contribution in [0.5, 0.6) is 5.75 Å². The van der Waals surface area contributed by atoms with E-state index in [0.29, 0.717) is 17.9 Å². The van der Waals surface area contributed by atoms with Crippen LogP contribution in [0.25, 0.3) is 0 Å². The van der Waals surface area contributed by atoms with Gasteiger partial charge in [-0.2, -0.15) is 0 Å². The zero-order valence-corrected chi connectivity index (χ0v) is 12.3.